The first-order valence-corrected chi connectivity index (χ1v) is 8.58. The Kier molecular flexibility index (Phi) is 4.71. The van der Waals surface area contributed by atoms with Gasteiger partial charge in [0.25, 0.3) is 0 Å². The number of aryl methyl sites for hydroxylation is 1. The highest BCUT2D eigenvalue weighted by Crippen LogP contribution is 2.41. The summed E-state index contributed by atoms with van der Waals surface area (Å²) in [7, 11) is 1.64. The Hall–Kier alpha value is -2.49. The number of carbonyl (C=O) groups excluding carboxylic acids is 1. The van der Waals surface area contributed by atoms with Crippen LogP contribution in [0.25, 0.3) is 0 Å². The van der Waals surface area contributed by atoms with E-state index >= 15 is 0 Å². The van der Waals surface area contributed by atoms with Gasteiger partial charge in [-0.2, -0.15) is 0 Å². The van der Waals surface area contributed by atoms with E-state index in [1.54, 1.807) is 7.11 Å². The van der Waals surface area contributed by atoms with Crippen LogP contribution in [0, 0.1) is 6.92 Å². The van der Waals surface area contributed by atoms with Crippen molar-refractivity contribution < 1.29 is 14.3 Å². The molecule has 1 atom stereocenters. The van der Waals surface area contributed by atoms with Gasteiger partial charge in [-0.1, -0.05) is 29.8 Å². The zero-order valence-corrected chi connectivity index (χ0v) is 15.3. The Morgan fingerprint density at radius 2 is 1.96 bits per heavy atom. The Balaban J connectivity index is 1.77. The summed E-state index contributed by atoms with van der Waals surface area (Å²) in [6, 6.07) is 13.8. The summed E-state index contributed by atoms with van der Waals surface area (Å²) >= 11 is 0. The fourth-order valence-corrected chi connectivity index (χ4v) is 3.22. The highest BCUT2D eigenvalue weighted by Gasteiger charge is 2.34. The van der Waals surface area contributed by atoms with Crippen LogP contribution in [-0.4, -0.2) is 18.6 Å². The van der Waals surface area contributed by atoms with Crippen molar-refractivity contribution in [3.8, 4) is 11.5 Å². The van der Waals surface area contributed by atoms with Gasteiger partial charge >= 0.3 is 0 Å². The van der Waals surface area contributed by atoms with Crippen LogP contribution in [0.3, 0.4) is 0 Å². The van der Waals surface area contributed by atoms with E-state index in [9.17, 15) is 4.79 Å². The second-order valence-corrected chi connectivity index (χ2v) is 7.25. The molecular weight excluding hydrogens is 314 g/mol. The lowest BCUT2D eigenvalue weighted by Gasteiger charge is -2.38. The zero-order valence-electron chi connectivity index (χ0n) is 15.3. The monoisotopic (exact) mass is 339 g/mol. The summed E-state index contributed by atoms with van der Waals surface area (Å²) in [5.41, 5.74) is 2.86. The molecule has 1 aliphatic rings. The van der Waals surface area contributed by atoms with Crippen LogP contribution in [0.2, 0.25) is 0 Å². The maximum absolute atomic E-state index is 12.5. The number of ether oxygens (including phenoxy) is 2. The number of rotatable bonds is 4. The number of methoxy groups -OCH3 is 1. The number of fused-ring (bicyclic) bond motifs is 1. The van der Waals surface area contributed by atoms with Crippen LogP contribution in [0.4, 0.5) is 0 Å². The van der Waals surface area contributed by atoms with Crippen LogP contribution in [0.1, 0.15) is 43.0 Å². The SMILES string of the molecule is COc1ccc2c(c1)OC(C)(C)C[C@@H]2NC(=O)Cc1ccc(C)cc1. The molecule has 4 heteroatoms. The smallest absolute Gasteiger partial charge is 0.224 e. The van der Waals surface area contributed by atoms with Crippen molar-refractivity contribution >= 4 is 5.91 Å². The Morgan fingerprint density at radius 1 is 1.24 bits per heavy atom. The molecule has 1 aliphatic heterocycles. The summed E-state index contributed by atoms with van der Waals surface area (Å²) in [6.07, 6.45) is 1.11. The van der Waals surface area contributed by atoms with Crippen LogP contribution >= 0.6 is 0 Å². The third-order valence-corrected chi connectivity index (χ3v) is 4.50. The Bertz CT molecular complexity index is 765. The minimum Gasteiger partial charge on any atom is -0.497 e. The maximum atomic E-state index is 12.5. The third-order valence-electron chi connectivity index (χ3n) is 4.50. The van der Waals surface area contributed by atoms with Crippen molar-refractivity contribution in [2.24, 2.45) is 0 Å². The average Bonchev–Trinajstić information content (AvgIpc) is 2.55. The molecule has 3 rings (SSSR count). The number of amides is 1. The van der Waals surface area contributed by atoms with Crippen molar-refractivity contribution in [2.75, 3.05) is 7.11 Å². The molecule has 1 heterocycles. The number of hydrogen-bond acceptors (Lipinski definition) is 3. The van der Waals surface area contributed by atoms with Gasteiger partial charge in [-0.15, -0.1) is 0 Å². The minimum atomic E-state index is -0.346. The van der Waals surface area contributed by atoms with Gasteiger partial charge in [0.15, 0.2) is 0 Å². The minimum absolute atomic E-state index is 0.0216. The normalized spacial score (nSPS) is 18.0. The lowest BCUT2D eigenvalue weighted by atomic mass is 9.89. The van der Waals surface area contributed by atoms with E-state index in [4.69, 9.17) is 9.47 Å². The van der Waals surface area contributed by atoms with Gasteiger partial charge in [-0.25, -0.2) is 0 Å². The van der Waals surface area contributed by atoms with Crippen molar-refractivity contribution in [3.63, 3.8) is 0 Å². The molecule has 0 bridgehead atoms. The number of hydrogen-bond donors (Lipinski definition) is 1. The second-order valence-electron chi connectivity index (χ2n) is 7.25. The average molecular weight is 339 g/mol. The van der Waals surface area contributed by atoms with Gasteiger partial charge < -0.3 is 14.8 Å². The molecule has 2 aromatic carbocycles. The molecule has 25 heavy (non-hydrogen) atoms. The second kappa shape index (κ2) is 6.79. The van der Waals surface area contributed by atoms with Gasteiger partial charge in [0.2, 0.25) is 5.91 Å². The first-order chi connectivity index (χ1) is 11.9. The summed E-state index contributed by atoms with van der Waals surface area (Å²) in [4.78, 5) is 12.5. The molecule has 132 valence electrons. The largest absolute Gasteiger partial charge is 0.497 e. The van der Waals surface area contributed by atoms with E-state index in [0.717, 1.165) is 29.0 Å². The fraction of sp³-hybridized carbons (Fsp3) is 0.381. The van der Waals surface area contributed by atoms with Crippen LogP contribution in [-0.2, 0) is 11.2 Å². The van der Waals surface area contributed by atoms with E-state index in [-0.39, 0.29) is 17.6 Å². The topological polar surface area (TPSA) is 47.6 Å². The van der Waals surface area contributed by atoms with Crippen LogP contribution in [0.5, 0.6) is 11.5 Å². The zero-order chi connectivity index (χ0) is 18.0. The molecule has 0 aromatic heterocycles. The number of carbonyl (C=O) groups is 1. The fourth-order valence-electron chi connectivity index (χ4n) is 3.22. The van der Waals surface area contributed by atoms with Gasteiger partial charge in [0.1, 0.15) is 17.1 Å². The Labute approximate surface area is 149 Å². The molecule has 0 radical (unpaired) electrons. The standard InChI is InChI=1S/C21H25NO3/c1-14-5-7-15(8-6-14)11-20(23)22-18-13-21(2,3)25-19-12-16(24-4)9-10-17(18)19/h5-10,12,18H,11,13H2,1-4H3,(H,22,23)/t18-/m0/s1. The summed E-state index contributed by atoms with van der Waals surface area (Å²) in [5.74, 6) is 1.55. The first kappa shape index (κ1) is 17.3. The van der Waals surface area contributed by atoms with Crippen LogP contribution in [0.15, 0.2) is 42.5 Å². The van der Waals surface area contributed by atoms with Crippen molar-refractivity contribution in [1.29, 1.82) is 0 Å². The van der Waals surface area contributed by atoms with E-state index < -0.39 is 0 Å². The van der Waals surface area contributed by atoms with Crippen LogP contribution < -0.4 is 14.8 Å². The molecule has 0 spiro atoms. The molecule has 1 N–H and O–H groups in total. The van der Waals surface area contributed by atoms with Crippen molar-refractivity contribution in [2.45, 2.75) is 45.3 Å². The molecular formula is C21H25NO3. The van der Waals surface area contributed by atoms with E-state index in [1.807, 2.05) is 63.2 Å². The highest BCUT2D eigenvalue weighted by molar-refractivity contribution is 5.79. The summed E-state index contributed by atoms with van der Waals surface area (Å²) in [6.45, 7) is 6.11. The molecule has 0 saturated carbocycles. The van der Waals surface area contributed by atoms with Crippen molar-refractivity contribution in [1.82, 2.24) is 5.32 Å². The molecule has 1 amide bonds. The highest BCUT2D eigenvalue weighted by atomic mass is 16.5. The summed E-state index contributed by atoms with van der Waals surface area (Å²) < 4.78 is 11.4. The molecule has 4 nitrogen and oxygen atoms in total. The predicted molar refractivity (Wildman–Crippen MR) is 98.1 cm³/mol. The third kappa shape index (κ3) is 4.13. The van der Waals surface area contributed by atoms with E-state index in [1.165, 1.54) is 5.56 Å². The number of benzene rings is 2. The molecule has 0 aliphatic carbocycles. The maximum Gasteiger partial charge on any atom is 0.224 e. The lowest BCUT2D eigenvalue weighted by Crippen LogP contribution is -2.41. The van der Waals surface area contributed by atoms with E-state index in [2.05, 4.69) is 5.32 Å². The van der Waals surface area contributed by atoms with E-state index in [0.29, 0.717) is 6.42 Å². The van der Waals surface area contributed by atoms with Gasteiger partial charge in [0, 0.05) is 18.1 Å². The Morgan fingerprint density at radius 3 is 2.64 bits per heavy atom. The molecule has 0 fully saturated rings. The molecule has 0 unspecified atom stereocenters. The first-order valence-electron chi connectivity index (χ1n) is 8.58. The lowest BCUT2D eigenvalue weighted by molar-refractivity contribution is -0.121. The summed E-state index contributed by atoms with van der Waals surface area (Å²) in [5, 5.41) is 3.17. The van der Waals surface area contributed by atoms with Gasteiger partial charge in [-0.05, 0) is 38.5 Å². The number of nitrogens with one attached hydrogen (secondary N) is 1. The molecule has 0 saturated heterocycles. The van der Waals surface area contributed by atoms with Crippen molar-refractivity contribution in [3.05, 3.63) is 59.2 Å². The van der Waals surface area contributed by atoms with Gasteiger partial charge in [0.05, 0.1) is 19.6 Å². The molecule has 2 aromatic rings. The quantitative estimate of drug-likeness (QED) is 0.917. The predicted octanol–water partition coefficient (Wildman–Crippen LogP) is 3.96. The van der Waals surface area contributed by atoms with Gasteiger partial charge in [-0.3, -0.25) is 4.79 Å².